The van der Waals surface area contributed by atoms with Gasteiger partial charge in [0, 0.05) is 24.7 Å². The fourth-order valence-corrected chi connectivity index (χ4v) is 6.34. The smallest absolute Gasteiger partial charge is 0.310 e. The molecule has 1 amide bonds. The molecule has 170 valence electrons. The molecule has 0 aliphatic carbocycles. The van der Waals surface area contributed by atoms with Crippen LogP contribution in [0.2, 0.25) is 0 Å². The topological polar surface area (TPSA) is 84.0 Å². The third-order valence-electron chi connectivity index (χ3n) is 6.11. The summed E-state index contributed by atoms with van der Waals surface area (Å²) in [6.07, 6.45) is 2.04. The van der Waals surface area contributed by atoms with Crippen LogP contribution in [0.4, 0.5) is 5.69 Å². The summed E-state index contributed by atoms with van der Waals surface area (Å²) in [5.41, 5.74) is 1.98. The van der Waals surface area contributed by atoms with E-state index >= 15 is 0 Å². The lowest BCUT2D eigenvalue weighted by atomic mass is 9.97. The fraction of sp³-hybridized carbons (Fsp3) is 0.417. The minimum atomic E-state index is -3.83. The molecule has 4 rings (SSSR count). The number of piperidine rings is 1. The van der Waals surface area contributed by atoms with Gasteiger partial charge in [-0.15, -0.1) is 0 Å². The predicted octanol–water partition coefficient (Wildman–Crippen LogP) is 3.24. The Morgan fingerprint density at radius 3 is 2.69 bits per heavy atom. The molecule has 2 aromatic carbocycles. The first-order valence-electron chi connectivity index (χ1n) is 11.0. The number of carbonyl (C=O) groups is 2. The third-order valence-corrected chi connectivity index (χ3v) is 8.04. The normalized spacial score (nSPS) is 20.7. The number of benzene rings is 2. The molecule has 2 aromatic rings. The number of carbonyl (C=O) groups excluding carboxylic acids is 2. The van der Waals surface area contributed by atoms with Crippen LogP contribution in [0, 0.1) is 5.92 Å². The van der Waals surface area contributed by atoms with Crippen LogP contribution in [0.3, 0.4) is 0 Å². The summed E-state index contributed by atoms with van der Waals surface area (Å²) in [6, 6.07) is 13.5. The van der Waals surface area contributed by atoms with Crippen molar-refractivity contribution in [3.05, 3.63) is 59.7 Å². The molecule has 8 heteroatoms. The third kappa shape index (κ3) is 4.11. The average Bonchev–Trinajstić information content (AvgIpc) is 3.15. The minimum Gasteiger partial charge on any atom is -0.466 e. The molecule has 0 saturated carbocycles. The lowest BCUT2D eigenvalue weighted by molar-refractivity contribution is -0.149. The van der Waals surface area contributed by atoms with Gasteiger partial charge in [0.25, 0.3) is 15.9 Å². The number of para-hydroxylation sites is 1. The molecule has 7 nitrogen and oxygen atoms in total. The SMILES string of the molecule is CCOC(=O)C1CCCN(C(=O)c2cccc(S(=O)(=O)N3c4ccccc4CC3C)c2)C1. The molecule has 0 bridgehead atoms. The maximum atomic E-state index is 13.5. The van der Waals surface area contributed by atoms with Crippen molar-refractivity contribution in [3.63, 3.8) is 0 Å². The van der Waals surface area contributed by atoms with Crippen LogP contribution in [-0.2, 0) is 26.0 Å². The summed E-state index contributed by atoms with van der Waals surface area (Å²) >= 11 is 0. The Bertz CT molecular complexity index is 1130. The molecule has 2 aliphatic heterocycles. The van der Waals surface area contributed by atoms with Gasteiger partial charge in [0.2, 0.25) is 0 Å². The number of amides is 1. The molecule has 2 heterocycles. The molecular formula is C24H28N2O5S. The van der Waals surface area contributed by atoms with E-state index in [1.54, 1.807) is 24.0 Å². The van der Waals surface area contributed by atoms with Gasteiger partial charge < -0.3 is 9.64 Å². The van der Waals surface area contributed by atoms with Gasteiger partial charge in [-0.2, -0.15) is 0 Å². The van der Waals surface area contributed by atoms with Gasteiger partial charge in [-0.3, -0.25) is 13.9 Å². The zero-order valence-electron chi connectivity index (χ0n) is 18.4. The molecule has 0 N–H and O–H groups in total. The van der Waals surface area contributed by atoms with Crippen molar-refractivity contribution >= 4 is 27.6 Å². The Morgan fingerprint density at radius 2 is 1.91 bits per heavy atom. The maximum absolute atomic E-state index is 13.5. The van der Waals surface area contributed by atoms with Crippen molar-refractivity contribution in [2.45, 2.75) is 44.0 Å². The highest BCUT2D eigenvalue weighted by atomic mass is 32.2. The first-order valence-corrected chi connectivity index (χ1v) is 12.4. The first kappa shape index (κ1) is 22.3. The van der Waals surface area contributed by atoms with Crippen LogP contribution in [0.5, 0.6) is 0 Å². The lowest BCUT2D eigenvalue weighted by Crippen LogP contribution is -2.43. The number of nitrogens with zero attached hydrogens (tertiary/aromatic N) is 2. The predicted molar refractivity (Wildman–Crippen MR) is 121 cm³/mol. The minimum absolute atomic E-state index is 0.0888. The number of esters is 1. The summed E-state index contributed by atoms with van der Waals surface area (Å²) in [7, 11) is -3.83. The maximum Gasteiger partial charge on any atom is 0.310 e. The van der Waals surface area contributed by atoms with Crippen molar-refractivity contribution in [1.29, 1.82) is 0 Å². The van der Waals surface area contributed by atoms with Crippen LogP contribution in [0.25, 0.3) is 0 Å². The van der Waals surface area contributed by atoms with Gasteiger partial charge in [-0.1, -0.05) is 24.3 Å². The van der Waals surface area contributed by atoms with E-state index in [2.05, 4.69) is 0 Å². The van der Waals surface area contributed by atoms with E-state index in [1.165, 1.54) is 16.4 Å². The summed E-state index contributed by atoms with van der Waals surface area (Å²) < 4.78 is 33.6. The average molecular weight is 457 g/mol. The standard InChI is InChI=1S/C24H28N2O5S/c1-3-31-24(28)20-10-7-13-25(16-20)23(27)19-9-6-11-21(15-19)32(29,30)26-17(2)14-18-8-4-5-12-22(18)26/h4-6,8-9,11-12,15,17,20H,3,7,10,13-14,16H2,1-2H3. The Hall–Kier alpha value is -2.87. The monoisotopic (exact) mass is 456 g/mol. The van der Waals surface area contributed by atoms with Crippen molar-refractivity contribution in [2.75, 3.05) is 24.0 Å². The van der Waals surface area contributed by atoms with E-state index in [9.17, 15) is 18.0 Å². The molecule has 0 radical (unpaired) electrons. The van der Waals surface area contributed by atoms with E-state index in [0.717, 1.165) is 5.56 Å². The van der Waals surface area contributed by atoms with Gasteiger partial charge in [0.1, 0.15) is 0 Å². The van der Waals surface area contributed by atoms with E-state index in [1.807, 2.05) is 31.2 Å². The lowest BCUT2D eigenvalue weighted by Gasteiger charge is -2.31. The Morgan fingerprint density at radius 1 is 1.12 bits per heavy atom. The number of ether oxygens (including phenoxy) is 1. The Labute approximate surface area is 189 Å². The van der Waals surface area contributed by atoms with E-state index in [4.69, 9.17) is 4.74 Å². The van der Waals surface area contributed by atoms with Crippen molar-refractivity contribution in [2.24, 2.45) is 5.92 Å². The van der Waals surface area contributed by atoms with Crippen LogP contribution in [0.1, 0.15) is 42.6 Å². The molecule has 0 aromatic heterocycles. The second kappa shape index (κ2) is 8.94. The number of anilines is 1. The Kier molecular flexibility index (Phi) is 6.24. The molecule has 1 saturated heterocycles. The fourth-order valence-electron chi connectivity index (χ4n) is 4.60. The van der Waals surface area contributed by atoms with Crippen molar-refractivity contribution in [1.82, 2.24) is 4.90 Å². The first-order chi connectivity index (χ1) is 15.3. The molecule has 32 heavy (non-hydrogen) atoms. The highest BCUT2D eigenvalue weighted by molar-refractivity contribution is 7.92. The van der Waals surface area contributed by atoms with Gasteiger partial charge in [-0.25, -0.2) is 8.42 Å². The number of rotatable bonds is 5. The van der Waals surface area contributed by atoms with Crippen LogP contribution in [0.15, 0.2) is 53.4 Å². The molecule has 2 unspecified atom stereocenters. The van der Waals surface area contributed by atoms with Crippen LogP contribution < -0.4 is 4.31 Å². The van der Waals surface area contributed by atoms with Crippen molar-refractivity contribution in [3.8, 4) is 0 Å². The summed E-state index contributed by atoms with van der Waals surface area (Å²) in [5.74, 6) is -0.907. The Balaban J connectivity index is 1.58. The second-order valence-electron chi connectivity index (χ2n) is 8.35. The van der Waals surface area contributed by atoms with Gasteiger partial charge in [0.15, 0.2) is 0 Å². The number of sulfonamides is 1. The summed E-state index contributed by atoms with van der Waals surface area (Å²) in [4.78, 5) is 27.0. The largest absolute Gasteiger partial charge is 0.466 e. The second-order valence-corrected chi connectivity index (χ2v) is 10.2. The van der Waals surface area contributed by atoms with Gasteiger partial charge in [-0.05, 0) is 62.9 Å². The zero-order chi connectivity index (χ0) is 22.9. The molecule has 2 atom stereocenters. The van der Waals surface area contributed by atoms with E-state index < -0.39 is 10.0 Å². The number of likely N-dealkylation sites (tertiary alicyclic amines) is 1. The molecule has 2 aliphatic rings. The van der Waals surface area contributed by atoms with E-state index in [0.29, 0.717) is 43.7 Å². The molecular weight excluding hydrogens is 428 g/mol. The van der Waals surface area contributed by atoms with Crippen molar-refractivity contribution < 1.29 is 22.7 Å². The zero-order valence-corrected chi connectivity index (χ0v) is 19.2. The quantitative estimate of drug-likeness (QED) is 0.645. The van der Waals surface area contributed by atoms with Crippen LogP contribution in [-0.4, -0.2) is 50.9 Å². The summed E-state index contributed by atoms with van der Waals surface area (Å²) in [5, 5.41) is 0. The van der Waals surface area contributed by atoms with Crippen LogP contribution >= 0.6 is 0 Å². The van der Waals surface area contributed by atoms with E-state index in [-0.39, 0.29) is 35.3 Å². The van der Waals surface area contributed by atoms with Gasteiger partial charge in [0.05, 0.1) is 23.1 Å². The number of fused-ring (bicyclic) bond motifs is 1. The number of hydrogen-bond donors (Lipinski definition) is 0. The van der Waals surface area contributed by atoms with Gasteiger partial charge >= 0.3 is 5.97 Å². The summed E-state index contributed by atoms with van der Waals surface area (Å²) in [6.45, 7) is 4.76. The molecule has 1 fully saturated rings. The molecule has 0 spiro atoms. The number of hydrogen-bond acceptors (Lipinski definition) is 5. The highest BCUT2D eigenvalue weighted by Gasteiger charge is 2.36. The highest BCUT2D eigenvalue weighted by Crippen LogP contribution is 2.36.